The summed E-state index contributed by atoms with van der Waals surface area (Å²) >= 11 is 0. The van der Waals surface area contributed by atoms with E-state index in [1.165, 1.54) is 27.9 Å². The monoisotopic (exact) mass is 463 g/mol. The summed E-state index contributed by atoms with van der Waals surface area (Å²) in [5.41, 5.74) is 2.07. The molecule has 12 heteroatoms. The predicted octanol–water partition coefficient (Wildman–Crippen LogP) is 0.492. The predicted molar refractivity (Wildman–Crippen MR) is 113 cm³/mol. The second-order valence-corrected chi connectivity index (χ2v) is 7.92. The molecule has 2 aliphatic heterocycles. The number of halogens is 1. The van der Waals surface area contributed by atoms with Crippen molar-refractivity contribution in [3.63, 3.8) is 0 Å². The minimum Gasteiger partial charge on any atom is -0.345 e. The van der Waals surface area contributed by atoms with Crippen molar-refractivity contribution in [2.75, 3.05) is 0 Å². The zero-order valence-electron chi connectivity index (χ0n) is 17.7. The Bertz CT molecular complexity index is 1340. The van der Waals surface area contributed by atoms with E-state index in [2.05, 4.69) is 25.9 Å². The summed E-state index contributed by atoms with van der Waals surface area (Å²) in [6.45, 7) is 0.285. The highest BCUT2D eigenvalue weighted by Crippen LogP contribution is 2.29. The van der Waals surface area contributed by atoms with Crippen LogP contribution in [0.25, 0.3) is 5.69 Å². The van der Waals surface area contributed by atoms with Crippen molar-refractivity contribution in [2.24, 2.45) is 0 Å². The molecule has 3 aromatic rings. The van der Waals surface area contributed by atoms with E-state index in [1.807, 2.05) is 0 Å². The van der Waals surface area contributed by atoms with E-state index in [0.717, 1.165) is 5.56 Å². The number of rotatable bonds is 5. The highest BCUT2D eigenvalue weighted by molar-refractivity contribution is 6.05. The molecule has 1 atom stereocenters. The van der Waals surface area contributed by atoms with E-state index in [4.69, 9.17) is 0 Å². The summed E-state index contributed by atoms with van der Waals surface area (Å²) in [5, 5.41) is 12.7. The maximum absolute atomic E-state index is 13.2. The van der Waals surface area contributed by atoms with Gasteiger partial charge in [0, 0.05) is 18.5 Å². The molecule has 0 radical (unpaired) electrons. The molecule has 1 fully saturated rings. The molecule has 4 amide bonds. The first-order valence-electron chi connectivity index (χ1n) is 10.5. The molecule has 0 spiro atoms. The number of hydrogen-bond donors (Lipinski definition) is 2. The Labute approximate surface area is 192 Å². The van der Waals surface area contributed by atoms with Crippen molar-refractivity contribution in [3.05, 3.63) is 71.1 Å². The van der Waals surface area contributed by atoms with Crippen LogP contribution < -0.4 is 10.6 Å². The van der Waals surface area contributed by atoms with Gasteiger partial charge in [-0.15, -0.1) is 5.10 Å². The lowest BCUT2D eigenvalue weighted by atomic mass is 10.0. The molecule has 5 rings (SSSR count). The summed E-state index contributed by atoms with van der Waals surface area (Å²) in [7, 11) is 0. The van der Waals surface area contributed by atoms with E-state index in [-0.39, 0.29) is 43.4 Å². The molecule has 2 aromatic heterocycles. The number of nitrogens with zero attached hydrogens (tertiary/aromatic N) is 5. The maximum Gasteiger partial charge on any atom is 0.273 e. The van der Waals surface area contributed by atoms with Crippen LogP contribution in [0.4, 0.5) is 4.39 Å². The minimum absolute atomic E-state index is 0.0208. The van der Waals surface area contributed by atoms with Crippen LogP contribution in [0.2, 0.25) is 0 Å². The molecular weight excluding hydrogens is 445 g/mol. The number of pyridine rings is 1. The average Bonchev–Trinajstić information content (AvgIpc) is 3.43. The molecule has 172 valence electrons. The first-order chi connectivity index (χ1) is 16.4. The fraction of sp³-hybridized carbons (Fsp3) is 0.227. The number of carbonyl (C=O) groups excluding carboxylic acids is 4. The zero-order valence-corrected chi connectivity index (χ0v) is 17.7. The van der Waals surface area contributed by atoms with Gasteiger partial charge in [-0.05, 0) is 36.2 Å². The molecule has 11 nitrogen and oxygen atoms in total. The van der Waals surface area contributed by atoms with Gasteiger partial charge in [-0.25, -0.2) is 9.67 Å². The molecule has 1 unspecified atom stereocenters. The second-order valence-electron chi connectivity index (χ2n) is 7.92. The molecule has 2 aliphatic rings. The average molecular weight is 463 g/mol. The number of benzene rings is 1. The van der Waals surface area contributed by atoms with Crippen LogP contribution in [-0.4, -0.2) is 54.5 Å². The van der Waals surface area contributed by atoms with E-state index in [1.54, 1.807) is 24.3 Å². The van der Waals surface area contributed by atoms with Gasteiger partial charge in [0.15, 0.2) is 5.69 Å². The van der Waals surface area contributed by atoms with Crippen LogP contribution in [0.3, 0.4) is 0 Å². The summed E-state index contributed by atoms with van der Waals surface area (Å²) in [5.74, 6) is -2.28. The number of fused-ring (bicyclic) bond motifs is 1. The fourth-order valence-corrected chi connectivity index (χ4v) is 3.99. The van der Waals surface area contributed by atoms with Gasteiger partial charge in [-0.2, -0.15) is 4.39 Å². The van der Waals surface area contributed by atoms with Crippen molar-refractivity contribution in [1.29, 1.82) is 0 Å². The van der Waals surface area contributed by atoms with Crippen molar-refractivity contribution < 1.29 is 23.6 Å². The smallest absolute Gasteiger partial charge is 0.273 e. The van der Waals surface area contributed by atoms with E-state index >= 15 is 0 Å². The lowest BCUT2D eigenvalue weighted by Crippen LogP contribution is -2.52. The van der Waals surface area contributed by atoms with Gasteiger partial charge in [-0.1, -0.05) is 17.3 Å². The minimum atomic E-state index is -0.699. The van der Waals surface area contributed by atoms with Crippen molar-refractivity contribution in [2.45, 2.75) is 32.0 Å². The number of hydrogen-bond acceptors (Lipinski definition) is 7. The first-order valence-corrected chi connectivity index (χ1v) is 10.5. The van der Waals surface area contributed by atoms with E-state index in [0.29, 0.717) is 16.9 Å². The number of amides is 4. The second kappa shape index (κ2) is 8.46. The third kappa shape index (κ3) is 4.00. The fourth-order valence-electron chi connectivity index (χ4n) is 3.99. The lowest BCUT2D eigenvalue weighted by molar-refractivity contribution is -0.136. The van der Waals surface area contributed by atoms with Crippen molar-refractivity contribution in [1.82, 2.24) is 35.5 Å². The summed E-state index contributed by atoms with van der Waals surface area (Å²) in [6.07, 6.45) is 1.87. The Morgan fingerprint density at radius 2 is 2.06 bits per heavy atom. The highest BCUT2D eigenvalue weighted by atomic mass is 19.1. The van der Waals surface area contributed by atoms with Gasteiger partial charge < -0.3 is 10.2 Å². The molecule has 0 aliphatic carbocycles. The number of aromatic nitrogens is 4. The third-order valence-corrected chi connectivity index (χ3v) is 5.71. The maximum atomic E-state index is 13.2. The molecule has 2 N–H and O–H groups in total. The Morgan fingerprint density at radius 3 is 2.85 bits per heavy atom. The number of nitrogens with one attached hydrogen (secondary N) is 2. The van der Waals surface area contributed by atoms with Gasteiger partial charge in [0.25, 0.3) is 11.8 Å². The first kappa shape index (κ1) is 21.4. The number of imide groups is 1. The molecule has 0 bridgehead atoms. The standard InChI is InChI=1S/C22H18FN7O4/c23-18-3-1-2-13(25-18)9-24-20(32)16-11-30(28-27-16)14-5-4-12-10-29(22(34)15(12)8-14)17-6-7-19(31)26-21(17)33/h1-5,8,11,17H,6-7,9-10H2,(H,24,32)(H,26,31,33). The zero-order chi connectivity index (χ0) is 23.8. The SMILES string of the molecule is O=C1CCC(N2Cc3ccc(-n4cc(C(=O)NCc5cccc(F)n5)nn4)cc3C2=O)C(=O)N1. The molecule has 34 heavy (non-hydrogen) atoms. The molecule has 0 saturated carbocycles. The van der Waals surface area contributed by atoms with Crippen LogP contribution in [0.15, 0.2) is 42.6 Å². The Morgan fingerprint density at radius 1 is 1.21 bits per heavy atom. The molecule has 1 saturated heterocycles. The lowest BCUT2D eigenvalue weighted by Gasteiger charge is -2.29. The normalized spacial score (nSPS) is 17.5. The van der Waals surface area contributed by atoms with Gasteiger partial charge in [-0.3, -0.25) is 24.5 Å². The topological polar surface area (TPSA) is 139 Å². The number of carbonyl (C=O) groups is 4. The van der Waals surface area contributed by atoms with Crippen LogP contribution >= 0.6 is 0 Å². The Kier molecular flexibility index (Phi) is 5.32. The van der Waals surface area contributed by atoms with Gasteiger partial charge >= 0.3 is 0 Å². The largest absolute Gasteiger partial charge is 0.345 e. The number of piperidine rings is 1. The molecular formula is C22H18FN7O4. The van der Waals surface area contributed by atoms with Crippen molar-refractivity contribution >= 4 is 23.6 Å². The van der Waals surface area contributed by atoms with E-state index < -0.39 is 23.8 Å². The van der Waals surface area contributed by atoms with Gasteiger partial charge in [0.1, 0.15) is 6.04 Å². The Hall–Kier alpha value is -4.48. The summed E-state index contributed by atoms with van der Waals surface area (Å²) < 4.78 is 14.5. The summed E-state index contributed by atoms with van der Waals surface area (Å²) in [6, 6.07) is 8.70. The summed E-state index contributed by atoms with van der Waals surface area (Å²) in [4.78, 5) is 54.1. The van der Waals surface area contributed by atoms with Crippen LogP contribution in [0.1, 0.15) is 44.9 Å². The molecule has 4 heterocycles. The molecule has 1 aromatic carbocycles. The van der Waals surface area contributed by atoms with Crippen LogP contribution in [-0.2, 0) is 22.7 Å². The van der Waals surface area contributed by atoms with E-state index in [9.17, 15) is 23.6 Å². The van der Waals surface area contributed by atoms with Gasteiger partial charge in [0.2, 0.25) is 17.8 Å². The highest BCUT2D eigenvalue weighted by Gasteiger charge is 2.39. The van der Waals surface area contributed by atoms with Crippen LogP contribution in [0, 0.1) is 5.95 Å². The quantitative estimate of drug-likeness (QED) is 0.415. The Balaban J connectivity index is 1.29. The third-order valence-electron chi connectivity index (χ3n) is 5.71. The van der Waals surface area contributed by atoms with Gasteiger partial charge in [0.05, 0.1) is 24.1 Å². The van der Waals surface area contributed by atoms with Crippen LogP contribution in [0.5, 0.6) is 0 Å². The van der Waals surface area contributed by atoms with Crippen molar-refractivity contribution in [3.8, 4) is 5.69 Å².